The number of aryl methyl sites for hydroxylation is 1. The largest absolute Gasteiger partial charge is 0.253 e. The maximum Gasteiger partial charge on any atom is 0.206 e. The summed E-state index contributed by atoms with van der Waals surface area (Å²) < 4.78 is 2.03. The molecule has 126 valence electrons. The molecule has 1 aromatic carbocycles. The fourth-order valence-corrected chi connectivity index (χ4v) is 3.75. The molecule has 24 heavy (non-hydrogen) atoms. The third-order valence-corrected chi connectivity index (χ3v) is 5.34. The van der Waals surface area contributed by atoms with Crippen molar-refractivity contribution in [3.63, 3.8) is 0 Å². The van der Waals surface area contributed by atoms with Gasteiger partial charge in [-0.1, -0.05) is 42.8 Å². The summed E-state index contributed by atoms with van der Waals surface area (Å²) >= 11 is 1.65. The van der Waals surface area contributed by atoms with E-state index in [1.165, 1.54) is 29.7 Å². The average Bonchev–Trinajstić information content (AvgIpc) is 2.98. The third kappa shape index (κ3) is 3.93. The predicted octanol–water partition coefficient (Wildman–Crippen LogP) is 5.03. The van der Waals surface area contributed by atoms with Crippen LogP contribution in [0.1, 0.15) is 38.2 Å². The van der Waals surface area contributed by atoms with Gasteiger partial charge < -0.3 is 0 Å². The molecule has 1 aromatic heterocycles. The van der Waals surface area contributed by atoms with Gasteiger partial charge in [0.25, 0.3) is 0 Å². The lowest BCUT2D eigenvalue weighted by atomic mass is 9.90. The van der Waals surface area contributed by atoms with E-state index in [1.54, 1.807) is 11.3 Å². The Bertz CT molecular complexity index is 783. The summed E-state index contributed by atoms with van der Waals surface area (Å²) in [7, 11) is 0. The number of hydrogen-bond donors (Lipinski definition) is 0. The predicted molar refractivity (Wildman–Crippen MR) is 104 cm³/mol. The van der Waals surface area contributed by atoms with Crippen LogP contribution in [0.15, 0.2) is 52.4 Å². The maximum atomic E-state index is 4.98. The van der Waals surface area contributed by atoms with Crippen LogP contribution >= 0.6 is 11.3 Å². The summed E-state index contributed by atoms with van der Waals surface area (Å²) in [6.07, 6.45) is 6.49. The lowest BCUT2D eigenvalue weighted by Gasteiger charge is -2.19. The molecule has 4 heteroatoms. The van der Waals surface area contributed by atoms with Crippen molar-refractivity contribution in [3.05, 3.63) is 52.7 Å². The van der Waals surface area contributed by atoms with Crippen molar-refractivity contribution in [1.29, 1.82) is 0 Å². The number of hydrogen-bond acceptors (Lipinski definition) is 3. The number of nitrogens with zero attached hydrogens (tertiary/aromatic N) is 3. The minimum atomic E-state index is 0.621. The van der Waals surface area contributed by atoms with Gasteiger partial charge in [-0.3, -0.25) is 4.99 Å². The van der Waals surface area contributed by atoms with E-state index in [0.29, 0.717) is 6.54 Å². The average molecular weight is 340 g/mol. The second kappa shape index (κ2) is 7.75. The minimum Gasteiger partial charge on any atom is -0.253 e. The van der Waals surface area contributed by atoms with Crippen LogP contribution < -0.4 is 4.80 Å². The van der Waals surface area contributed by atoms with Crippen molar-refractivity contribution < 1.29 is 0 Å². The summed E-state index contributed by atoms with van der Waals surface area (Å²) in [4.78, 5) is 5.57. The quantitative estimate of drug-likeness (QED) is 0.700. The highest BCUT2D eigenvalue weighted by molar-refractivity contribution is 7.07. The van der Waals surface area contributed by atoms with E-state index in [9.17, 15) is 0 Å². The fraction of sp³-hybridized carbons (Fsp3) is 0.400. The molecule has 2 aromatic rings. The van der Waals surface area contributed by atoms with Crippen LogP contribution in [-0.4, -0.2) is 16.9 Å². The second-order valence-electron chi connectivity index (χ2n) is 6.56. The van der Waals surface area contributed by atoms with Crippen LogP contribution in [0.4, 0.5) is 0 Å². The third-order valence-electron chi connectivity index (χ3n) is 4.48. The highest BCUT2D eigenvalue weighted by Crippen LogP contribution is 2.24. The van der Waals surface area contributed by atoms with Gasteiger partial charge in [0, 0.05) is 16.7 Å². The lowest BCUT2D eigenvalue weighted by molar-refractivity contribution is 0.481. The van der Waals surface area contributed by atoms with Gasteiger partial charge in [0.05, 0.1) is 12.2 Å². The first-order valence-corrected chi connectivity index (χ1v) is 9.51. The molecule has 1 aliphatic carbocycles. The number of thiazole rings is 1. The van der Waals surface area contributed by atoms with Crippen molar-refractivity contribution in [2.75, 3.05) is 6.54 Å². The van der Waals surface area contributed by atoms with E-state index in [4.69, 9.17) is 5.10 Å². The molecule has 1 saturated carbocycles. The molecule has 3 nitrogen and oxygen atoms in total. The molecule has 0 radical (unpaired) electrons. The summed E-state index contributed by atoms with van der Waals surface area (Å²) in [5, 5.41) is 7.13. The summed E-state index contributed by atoms with van der Waals surface area (Å²) in [5.41, 5.74) is 4.86. The van der Waals surface area contributed by atoms with E-state index < -0.39 is 0 Å². The zero-order valence-corrected chi connectivity index (χ0v) is 15.4. The number of rotatable bonds is 4. The van der Waals surface area contributed by atoms with E-state index in [1.807, 2.05) is 10.8 Å². The lowest BCUT2D eigenvalue weighted by Crippen LogP contribution is -2.18. The van der Waals surface area contributed by atoms with Crippen LogP contribution in [0.5, 0.6) is 0 Å². The van der Waals surface area contributed by atoms with Gasteiger partial charge in [0.1, 0.15) is 0 Å². The van der Waals surface area contributed by atoms with Crippen molar-refractivity contribution >= 4 is 17.0 Å². The normalized spacial score (nSPS) is 18.7. The Morgan fingerprint density at radius 1 is 1.25 bits per heavy atom. The first kappa shape index (κ1) is 16.9. The Hall–Kier alpha value is -1.94. The first-order chi connectivity index (χ1) is 11.7. The molecule has 0 spiro atoms. The van der Waals surface area contributed by atoms with Crippen LogP contribution in [0.25, 0.3) is 11.3 Å². The van der Waals surface area contributed by atoms with Gasteiger partial charge in [-0.2, -0.15) is 5.10 Å². The Morgan fingerprint density at radius 3 is 2.62 bits per heavy atom. The summed E-state index contributed by atoms with van der Waals surface area (Å²) in [6.45, 7) is 8.83. The standard InChI is InChI=1S/C20H25N3S/c1-4-13-21-20-23(22-18-11-7-16(3)8-12-18)19(14-24-20)17-9-5-15(2)6-10-17/h4-6,9-10,14,16H,1,7-8,11-13H2,2-3H3. The smallest absolute Gasteiger partial charge is 0.206 e. The Kier molecular flexibility index (Phi) is 5.46. The van der Waals surface area contributed by atoms with Crippen molar-refractivity contribution in [3.8, 4) is 11.3 Å². The van der Waals surface area contributed by atoms with E-state index in [2.05, 4.69) is 55.1 Å². The van der Waals surface area contributed by atoms with Crippen LogP contribution in [-0.2, 0) is 0 Å². The van der Waals surface area contributed by atoms with Gasteiger partial charge in [0.2, 0.25) is 4.80 Å². The van der Waals surface area contributed by atoms with Crippen molar-refractivity contribution in [2.24, 2.45) is 16.0 Å². The molecule has 3 rings (SSSR count). The SMILES string of the molecule is C=CCN=c1scc(-c2ccc(C)cc2)n1N=C1CCC(C)CC1. The highest BCUT2D eigenvalue weighted by atomic mass is 32.1. The number of aromatic nitrogens is 1. The van der Waals surface area contributed by atoms with E-state index in [0.717, 1.165) is 29.3 Å². The van der Waals surface area contributed by atoms with Crippen LogP contribution in [0, 0.1) is 12.8 Å². The zero-order valence-electron chi connectivity index (χ0n) is 14.5. The van der Waals surface area contributed by atoms with Crippen molar-refractivity contribution in [1.82, 2.24) is 4.68 Å². The second-order valence-corrected chi connectivity index (χ2v) is 7.40. The molecule has 0 bridgehead atoms. The maximum absolute atomic E-state index is 4.98. The Morgan fingerprint density at radius 2 is 1.96 bits per heavy atom. The number of benzene rings is 1. The molecule has 0 atom stereocenters. The van der Waals surface area contributed by atoms with E-state index >= 15 is 0 Å². The summed E-state index contributed by atoms with van der Waals surface area (Å²) in [5.74, 6) is 0.818. The highest BCUT2D eigenvalue weighted by Gasteiger charge is 2.15. The van der Waals surface area contributed by atoms with Gasteiger partial charge in [0.15, 0.2) is 0 Å². The summed E-state index contributed by atoms with van der Waals surface area (Å²) in [6, 6.07) is 8.61. The monoisotopic (exact) mass is 339 g/mol. The van der Waals surface area contributed by atoms with Crippen LogP contribution in [0.2, 0.25) is 0 Å². The molecule has 0 unspecified atom stereocenters. The topological polar surface area (TPSA) is 29.6 Å². The molecule has 0 N–H and O–H groups in total. The van der Waals surface area contributed by atoms with Gasteiger partial charge >= 0.3 is 0 Å². The molecule has 0 amide bonds. The minimum absolute atomic E-state index is 0.621. The van der Waals surface area contributed by atoms with Gasteiger partial charge in [-0.25, -0.2) is 4.68 Å². The molecule has 1 fully saturated rings. The molecule has 0 aliphatic heterocycles. The van der Waals surface area contributed by atoms with Crippen molar-refractivity contribution in [2.45, 2.75) is 39.5 Å². The van der Waals surface area contributed by atoms with Gasteiger partial charge in [-0.05, 0) is 38.5 Å². The van der Waals surface area contributed by atoms with E-state index in [-0.39, 0.29) is 0 Å². The molecular weight excluding hydrogens is 314 g/mol. The molecule has 1 heterocycles. The van der Waals surface area contributed by atoms with Gasteiger partial charge in [-0.15, -0.1) is 17.9 Å². The zero-order chi connectivity index (χ0) is 16.9. The first-order valence-electron chi connectivity index (χ1n) is 8.63. The molecular formula is C20H25N3S. The van der Waals surface area contributed by atoms with Crippen LogP contribution in [0.3, 0.4) is 0 Å². The molecule has 0 saturated heterocycles. The molecule has 1 aliphatic rings. The fourth-order valence-electron chi connectivity index (χ4n) is 2.91. The Balaban J connectivity index is 2.03. The Labute approximate surface area is 148 Å².